The van der Waals surface area contributed by atoms with E-state index in [-0.39, 0.29) is 18.5 Å². The molecule has 7 heteroatoms. The van der Waals surface area contributed by atoms with Gasteiger partial charge in [-0.1, -0.05) is 23.4 Å². The van der Waals surface area contributed by atoms with Gasteiger partial charge in [-0.05, 0) is 6.07 Å². The van der Waals surface area contributed by atoms with Crippen molar-refractivity contribution in [3.63, 3.8) is 0 Å². The molecule has 1 unspecified atom stereocenters. The minimum Gasteiger partial charge on any atom is -0.464 e. The molecule has 2 aromatic heterocycles. The number of benzene rings is 1. The van der Waals surface area contributed by atoms with Crippen LogP contribution in [0.25, 0.3) is 22.4 Å². The van der Waals surface area contributed by atoms with Crippen molar-refractivity contribution in [2.24, 2.45) is 0 Å². The molecule has 2 N–H and O–H groups in total. The number of furan rings is 1. The van der Waals surface area contributed by atoms with Crippen LogP contribution in [-0.2, 0) is 4.79 Å². The van der Waals surface area contributed by atoms with E-state index < -0.39 is 0 Å². The van der Waals surface area contributed by atoms with Crippen LogP contribution < -0.4 is 10.6 Å². The largest absolute Gasteiger partial charge is 0.464 e. The molecule has 3 aromatic rings. The van der Waals surface area contributed by atoms with Crippen LogP contribution >= 0.6 is 0 Å². The predicted molar refractivity (Wildman–Crippen MR) is 73.3 cm³/mol. The molecule has 0 saturated carbocycles. The zero-order valence-corrected chi connectivity index (χ0v) is 11.0. The van der Waals surface area contributed by atoms with Gasteiger partial charge in [-0.3, -0.25) is 10.1 Å². The Morgan fingerprint density at radius 2 is 2.19 bits per heavy atom. The van der Waals surface area contributed by atoms with Gasteiger partial charge in [0.25, 0.3) is 0 Å². The Morgan fingerprint density at radius 1 is 1.29 bits per heavy atom. The number of hydrogen-bond donors (Lipinski definition) is 2. The molecule has 1 aliphatic rings. The smallest absolute Gasteiger partial charge is 0.245 e. The molecule has 0 aliphatic carbocycles. The van der Waals surface area contributed by atoms with E-state index in [0.29, 0.717) is 18.3 Å². The summed E-state index contributed by atoms with van der Waals surface area (Å²) in [5.74, 6) is 0.899. The SMILES string of the molecule is O=C1CNC(c2nc(-c3coc4ccccc34)no2)CN1. The van der Waals surface area contributed by atoms with E-state index in [1.54, 1.807) is 6.26 Å². The highest BCUT2D eigenvalue weighted by atomic mass is 16.5. The van der Waals surface area contributed by atoms with Crippen LogP contribution in [0.3, 0.4) is 0 Å². The number of piperazine rings is 1. The van der Waals surface area contributed by atoms with E-state index in [1.165, 1.54) is 0 Å². The Balaban J connectivity index is 1.66. The van der Waals surface area contributed by atoms with Crippen molar-refractivity contribution in [3.05, 3.63) is 36.4 Å². The van der Waals surface area contributed by atoms with Crippen LogP contribution in [0.15, 0.2) is 39.5 Å². The summed E-state index contributed by atoms with van der Waals surface area (Å²) in [6.07, 6.45) is 1.62. The summed E-state index contributed by atoms with van der Waals surface area (Å²) in [6.45, 7) is 0.684. The molecule has 0 spiro atoms. The van der Waals surface area contributed by atoms with Gasteiger partial charge in [0.05, 0.1) is 12.1 Å². The summed E-state index contributed by atoms with van der Waals surface area (Å²) < 4.78 is 10.8. The number of amides is 1. The first-order valence-corrected chi connectivity index (χ1v) is 6.61. The Hall–Kier alpha value is -2.67. The number of rotatable bonds is 2. The summed E-state index contributed by atoms with van der Waals surface area (Å²) in [7, 11) is 0. The Labute approximate surface area is 119 Å². The zero-order valence-electron chi connectivity index (χ0n) is 11.0. The topological polar surface area (TPSA) is 93.2 Å². The first kappa shape index (κ1) is 12.1. The second-order valence-electron chi connectivity index (χ2n) is 4.84. The van der Waals surface area contributed by atoms with Gasteiger partial charge in [0, 0.05) is 11.9 Å². The lowest BCUT2D eigenvalue weighted by Crippen LogP contribution is -2.47. The average Bonchev–Trinajstić information content (AvgIpc) is 3.14. The average molecular weight is 284 g/mol. The Morgan fingerprint density at radius 3 is 3.05 bits per heavy atom. The zero-order chi connectivity index (χ0) is 14.2. The normalized spacial score (nSPS) is 18.9. The minimum atomic E-state index is -0.165. The van der Waals surface area contributed by atoms with Crippen LogP contribution in [-0.4, -0.2) is 29.1 Å². The van der Waals surface area contributed by atoms with Crippen molar-refractivity contribution in [1.29, 1.82) is 0 Å². The van der Waals surface area contributed by atoms with Crippen molar-refractivity contribution in [1.82, 2.24) is 20.8 Å². The van der Waals surface area contributed by atoms with Crippen LogP contribution in [0.5, 0.6) is 0 Å². The van der Waals surface area contributed by atoms with E-state index in [0.717, 1.165) is 16.5 Å². The number of para-hydroxylation sites is 1. The summed E-state index contributed by atoms with van der Waals surface area (Å²) in [5.41, 5.74) is 1.57. The van der Waals surface area contributed by atoms with Gasteiger partial charge < -0.3 is 14.3 Å². The maximum absolute atomic E-state index is 11.1. The molecule has 106 valence electrons. The lowest BCUT2D eigenvalue weighted by molar-refractivity contribution is -0.121. The molecule has 7 nitrogen and oxygen atoms in total. The lowest BCUT2D eigenvalue weighted by Gasteiger charge is -2.20. The third-order valence-electron chi connectivity index (χ3n) is 3.47. The van der Waals surface area contributed by atoms with E-state index in [4.69, 9.17) is 8.94 Å². The molecular formula is C14H12N4O3. The number of carbonyl (C=O) groups is 1. The molecule has 1 saturated heterocycles. The van der Waals surface area contributed by atoms with E-state index in [1.807, 2.05) is 24.3 Å². The molecule has 1 aromatic carbocycles. The Kier molecular flexibility index (Phi) is 2.71. The minimum absolute atomic E-state index is 0.0354. The molecule has 1 atom stereocenters. The van der Waals surface area contributed by atoms with E-state index in [2.05, 4.69) is 20.8 Å². The van der Waals surface area contributed by atoms with Crippen molar-refractivity contribution < 1.29 is 13.7 Å². The highest BCUT2D eigenvalue weighted by Gasteiger charge is 2.25. The fraction of sp³-hybridized carbons (Fsp3) is 0.214. The molecule has 3 heterocycles. The summed E-state index contributed by atoms with van der Waals surface area (Å²) in [4.78, 5) is 15.5. The van der Waals surface area contributed by atoms with Crippen molar-refractivity contribution >= 4 is 16.9 Å². The third kappa shape index (κ3) is 2.07. The quantitative estimate of drug-likeness (QED) is 0.735. The molecule has 0 radical (unpaired) electrons. The van der Waals surface area contributed by atoms with Crippen molar-refractivity contribution in [2.75, 3.05) is 13.1 Å². The maximum atomic E-state index is 11.1. The van der Waals surface area contributed by atoms with Crippen LogP contribution in [0.4, 0.5) is 0 Å². The molecule has 0 bridgehead atoms. The molecule has 1 aliphatic heterocycles. The van der Waals surface area contributed by atoms with Gasteiger partial charge in [0.2, 0.25) is 17.6 Å². The standard InChI is InChI=1S/C14H12N4O3/c19-12-6-15-10(5-16-12)14-17-13(18-21-14)9-7-20-11-4-2-1-3-8(9)11/h1-4,7,10,15H,5-6H2,(H,16,19). The van der Waals surface area contributed by atoms with Gasteiger partial charge in [0.15, 0.2) is 0 Å². The Bertz CT molecular complexity index is 797. The lowest BCUT2D eigenvalue weighted by atomic mass is 10.1. The second-order valence-corrected chi connectivity index (χ2v) is 4.84. The van der Waals surface area contributed by atoms with Gasteiger partial charge in [-0.2, -0.15) is 4.98 Å². The predicted octanol–water partition coefficient (Wildman–Crippen LogP) is 1.24. The number of carbonyl (C=O) groups excluding carboxylic acids is 1. The monoisotopic (exact) mass is 284 g/mol. The van der Waals surface area contributed by atoms with Crippen LogP contribution in [0.2, 0.25) is 0 Å². The van der Waals surface area contributed by atoms with Gasteiger partial charge in [-0.15, -0.1) is 0 Å². The molecule has 21 heavy (non-hydrogen) atoms. The molecule has 4 rings (SSSR count). The van der Waals surface area contributed by atoms with Crippen molar-refractivity contribution in [2.45, 2.75) is 6.04 Å². The maximum Gasteiger partial charge on any atom is 0.245 e. The van der Waals surface area contributed by atoms with E-state index in [9.17, 15) is 4.79 Å². The summed E-state index contributed by atoms with van der Waals surface area (Å²) in [5, 5.41) is 10.7. The number of nitrogens with zero attached hydrogens (tertiary/aromatic N) is 2. The molecule has 1 amide bonds. The molecule has 1 fully saturated rings. The van der Waals surface area contributed by atoms with Crippen LogP contribution in [0.1, 0.15) is 11.9 Å². The second kappa shape index (κ2) is 4.71. The number of fused-ring (bicyclic) bond motifs is 1. The highest BCUT2D eigenvalue weighted by Crippen LogP contribution is 2.29. The molecular weight excluding hydrogens is 272 g/mol. The summed E-state index contributed by atoms with van der Waals surface area (Å²) in [6, 6.07) is 7.51. The third-order valence-corrected chi connectivity index (χ3v) is 3.47. The van der Waals surface area contributed by atoms with E-state index >= 15 is 0 Å². The van der Waals surface area contributed by atoms with Crippen molar-refractivity contribution in [3.8, 4) is 11.4 Å². The number of hydrogen-bond acceptors (Lipinski definition) is 6. The fourth-order valence-corrected chi connectivity index (χ4v) is 2.38. The van der Waals surface area contributed by atoms with Gasteiger partial charge in [0.1, 0.15) is 17.9 Å². The highest BCUT2D eigenvalue weighted by molar-refractivity contribution is 5.91. The number of nitrogens with one attached hydrogen (secondary N) is 2. The number of aromatic nitrogens is 2. The first-order valence-electron chi connectivity index (χ1n) is 6.61. The summed E-state index contributed by atoms with van der Waals surface area (Å²) >= 11 is 0. The fourth-order valence-electron chi connectivity index (χ4n) is 2.38. The van der Waals surface area contributed by atoms with Gasteiger partial charge in [-0.25, -0.2) is 0 Å². The van der Waals surface area contributed by atoms with Gasteiger partial charge >= 0.3 is 0 Å². The first-order chi connectivity index (χ1) is 10.3. The van der Waals surface area contributed by atoms with Crippen LogP contribution in [0, 0.1) is 0 Å².